The van der Waals surface area contributed by atoms with Crippen molar-refractivity contribution in [3.63, 3.8) is 0 Å². The minimum Gasteiger partial charge on any atom is -0.467 e. The van der Waals surface area contributed by atoms with Crippen molar-refractivity contribution in [3.8, 4) is 16.5 Å². The number of pyridine rings is 1. The lowest BCUT2D eigenvalue weighted by atomic mass is 9.92. The molecule has 5 heterocycles. The number of hydrogen-bond donors (Lipinski definition) is 0. The molecule has 0 saturated carbocycles. The number of sulfone groups is 1. The Labute approximate surface area is 212 Å². The highest BCUT2D eigenvalue weighted by Crippen LogP contribution is 2.32. The van der Waals surface area contributed by atoms with Gasteiger partial charge in [-0.3, -0.25) is 0 Å². The molecular formula is C23H27N7O4S2. The van der Waals surface area contributed by atoms with Gasteiger partial charge >= 0.3 is 6.01 Å². The number of aromatic nitrogens is 6. The number of piperidine rings is 1. The molecule has 0 aromatic carbocycles. The van der Waals surface area contributed by atoms with Crippen LogP contribution in [0.5, 0.6) is 5.19 Å². The Balaban J connectivity index is 1.22. The van der Waals surface area contributed by atoms with Crippen molar-refractivity contribution in [2.24, 2.45) is 5.92 Å². The molecule has 0 amide bonds. The van der Waals surface area contributed by atoms with Gasteiger partial charge < -0.3 is 14.2 Å². The van der Waals surface area contributed by atoms with E-state index in [1.54, 1.807) is 0 Å². The predicted octanol–water partition coefficient (Wildman–Crippen LogP) is 3.74. The molecule has 1 saturated heterocycles. The lowest BCUT2D eigenvalue weighted by Gasteiger charge is -2.33. The van der Waals surface area contributed by atoms with Gasteiger partial charge in [0.1, 0.15) is 16.5 Å². The zero-order valence-corrected chi connectivity index (χ0v) is 22.1. The van der Waals surface area contributed by atoms with E-state index in [0.29, 0.717) is 28.4 Å². The van der Waals surface area contributed by atoms with Crippen LogP contribution in [0.25, 0.3) is 21.6 Å². The summed E-state index contributed by atoms with van der Waals surface area (Å²) in [5, 5.41) is 4.43. The average molecular weight is 530 g/mol. The third-order valence-corrected chi connectivity index (χ3v) is 7.93. The van der Waals surface area contributed by atoms with Crippen LogP contribution < -0.4 is 9.64 Å². The second-order valence-electron chi connectivity index (χ2n) is 9.26. The van der Waals surface area contributed by atoms with Crippen molar-refractivity contribution in [1.29, 1.82) is 0 Å². The molecule has 4 aromatic heterocycles. The number of nitrogens with zero attached hydrogens (tertiary/aromatic N) is 7. The quantitative estimate of drug-likeness (QED) is 0.324. The highest BCUT2D eigenvalue weighted by molar-refractivity contribution is 7.90. The first-order valence-electron chi connectivity index (χ1n) is 11.7. The second-order valence-corrected chi connectivity index (χ2v) is 12.1. The molecule has 0 radical (unpaired) electrons. The van der Waals surface area contributed by atoms with Gasteiger partial charge in [-0.15, -0.1) is 0 Å². The standard InChI is InChI=1S/C23H27N7O4S2/c1-13(2)19-28-22(34-29-19)30-9-7-15(8-10-30)14(3)33-23-27-18-6-5-17(26-20(18)35-23)16-11-24-21(25-12-16)36(4,31)32/h5-6,11-15H,7-10H2,1-4H3. The van der Waals surface area contributed by atoms with Crippen LogP contribution in [0.3, 0.4) is 0 Å². The molecule has 1 atom stereocenters. The topological polar surface area (TPSA) is 137 Å². The molecule has 1 aliphatic heterocycles. The van der Waals surface area contributed by atoms with E-state index in [4.69, 9.17) is 9.26 Å². The lowest BCUT2D eigenvalue weighted by molar-refractivity contribution is 0.131. The molecule has 11 nitrogen and oxygen atoms in total. The molecular weight excluding hydrogens is 502 g/mol. The maximum atomic E-state index is 11.6. The second kappa shape index (κ2) is 9.69. The fourth-order valence-electron chi connectivity index (χ4n) is 4.05. The monoisotopic (exact) mass is 529 g/mol. The smallest absolute Gasteiger partial charge is 0.324 e. The van der Waals surface area contributed by atoms with E-state index < -0.39 is 9.84 Å². The maximum absolute atomic E-state index is 11.6. The number of anilines is 1. The molecule has 36 heavy (non-hydrogen) atoms. The summed E-state index contributed by atoms with van der Waals surface area (Å²) in [4.78, 5) is 24.5. The van der Waals surface area contributed by atoms with Gasteiger partial charge in [-0.25, -0.2) is 28.4 Å². The van der Waals surface area contributed by atoms with Crippen molar-refractivity contribution < 1.29 is 17.7 Å². The number of rotatable bonds is 7. The van der Waals surface area contributed by atoms with Gasteiger partial charge in [0, 0.05) is 43.2 Å². The Morgan fingerprint density at radius 3 is 2.44 bits per heavy atom. The summed E-state index contributed by atoms with van der Waals surface area (Å²) in [7, 11) is -3.45. The maximum Gasteiger partial charge on any atom is 0.324 e. The van der Waals surface area contributed by atoms with E-state index in [1.807, 2.05) is 26.0 Å². The summed E-state index contributed by atoms with van der Waals surface area (Å²) in [6.07, 6.45) is 5.91. The largest absolute Gasteiger partial charge is 0.467 e. The van der Waals surface area contributed by atoms with Crippen molar-refractivity contribution in [2.75, 3.05) is 24.2 Å². The zero-order valence-electron chi connectivity index (χ0n) is 20.4. The Morgan fingerprint density at radius 2 is 1.81 bits per heavy atom. The van der Waals surface area contributed by atoms with Crippen LogP contribution in [0.1, 0.15) is 45.4 Å². The van der Waals surface area contributed by atoms with Crippen LogP contribution in [0.4, 0.5) is 6.01 Å². The molecule has 1 unspecified atom stereocenters. The van der Waals surface area contributed by atoms with Gasteiger partial charge in [-0.05, 0) is 37.8 Å². The summed E-state index contributed by atoms with van der Waals surface area (Å²) in [6.45, 7) is 7.84. The molecule has 1 fully saturated rings. The molecule has 0 spiro atoms. The minimum atomic E-state index is -3.45. The first-order valence-corrected chi connectivity index (χ1v) is 14.4. The normalized spacial score (nSPS) is 16.1. The predicted molar refractivity (Wildman–Crippen MR) is 135 cm³/mol. The highest BCUT2D eigenvalue weighted by atomic mass is 32.2. The van der Waals surface area contributed by atoms with Crippen LogP contribution in [-0.2, 0) is 9.84 Å². The first-order chi connectivity index (χ1) is 17.2. The van der Waals surface area contributed by atoms with Crippen LogP contribution >= 0.6 is 11.3 Å². The van der Waals surface area contributed by atoms with Gasteiger partial charge in [-0.1, -0.05) is 30.3 Å². The van der Waals surface area contributed by atoms with E-state index in [2.05, 4.69) is 41.9 Å². The van der Waals surface area contributed by atoms with Crippen molar-refractivity contribution in [1.82, 2.24) is 30.1 Å². The highest BCUT2D eigenvalue weighted by Gasteiger charge is 2.28. The summed E-state index contributed by atoms with van der Waals surface area (Å²) in [5.74, 6) is 1.35. The number of fused-ring (bicyclic) bond motifs is 1. The van der Waals surface area contributed by atoms with Gasteiger partial charge in [-0.2, -0.15) is 4.98 Å². The van der Waals surface area contributed by atoms with E-state index in [1.165, 1.54) is 23.7 Å². The molecule has 13 heteroatoms. The molecule has 5 rings (SSSR count). The van der Waals surface area contributed by atoms with Gasteiger partial charge in [0.15, 0.2) is 5.82 Å². The average Bonchev–Trinajstić information content (AvgIpc) is 3.50. The third kappa shape index (κ3) is 5.16. The number of ether oxygens (including phenoxy) is 1. The van der Waals surface area contributed by atoms with Crippen molar-refractivity contribution >= 4 is 37.5 Å². The molecule has 1 aliphatic rings. The Bertz CT molecular complexity index is 1460. The summed E-state index contributed by atoms with van der Waals surface area (Å²) < 4.78 is 34.8. The van der Waals surface area contributed by atoms with Crippen LogP contribution in [-0.4, -0.2) is 63.9 Å². The molecule has 190 valence electrons. The minimum absolute atomic E-state index is 0.00182. The molecule has 0 N–H and O–H groups in total. The van der Waals surface area contributed by atoms with Crippen molar-refractivity contribution in [2.45, 2.75) is 50.8 Å². The van der Waals surface area contributed by atoms with Crippen LogP contribution in [0.15, 0.2) is 34.2 Å². The number of thiazole rings is 1. The molecule has 4 aromatic rings. The fourth-order valence-corrected chi connectivity index (χ4v) is 5.41. The van der Waals surface area contributed by atoms with E-state index in [-0.39, 0.29) is 17.2 Å². The summed E-state index contributed by atoms with van der Waals surface area (Å²) in [6, 6.07) is 4.27. The van der Waals surface area contributed by atoms with E-state index >= 15 is 0 Å². The van der Waals surface area contributed by atoms with E-state index in [0.717, 1.165) is 48.4 Å². The fraction of sp³-hybridized carbons (Fsp3) is 0.478. The lowest BCUT2D eigenvalue weighted by Crippen LogP contribution is -2.38. The van der Waals surface area contributed by atoms with Gasteiger partial charge in [0.2, 0.25) is 15.0 Å². The summed E-state index contributed by atoms with van der Waals surface area (Å²) >= 11 is 1.38. The molecule has 0 aliphatic carbocycles. The summed E-state index contributed by atoms with van der Waals surface area (Å²) in [5.41, 5.74) is 2.01. The van der Waals surface area contributed by atoms with E-state index in [9.17, 15) is 8.42 Å². The Morgan fingerprint density at radius 1 is 1.08 bits per heavy atom. The third-order valence-electron chi connectivity index (χ3n) is 6.20. The SMILES string of the molecule is CC(C)c1noc(N2CCC(C(C)Oc3nc4ccc(-c5cnc(S(C)(=O)=O)nc5)nc4s3)CC2)n1. The van der Waals surface area contributed by atoms with Gasteiger partial charge in [0.05, 0.1) is 5.69 Å². The Hall–Kier alpha value is -3.19. The van der Waals surface area contributed by atoms with Crippen LogP contribution in [0.2, 0.25) is 0 Å². The molecule has 0 bridgehead atoms. The van der Waals surface area contributed by atoms with Crippen LogP contribution in [0, 0.1) is 5.92 Å². The zero-order chi connectivity index (χ0) is 25.4. The Kier molecular flexibility index (Phi) is 6.60. The van der Waals surface area contributed by atoms with Crippen molar-refractivity contribution in [3.05, 3.63) is 30.4 Å². The first kappa shape index (κ1) is 24.5. The van der Waals surface area contributed by atoms with Gasteiger partial charge in [0.25, 0.3) is 5.19 Å². The number of hydrogen-bond acceptors (Lipinski definition) is 12.